The molecule has 0 fully saturated rings. The highest BCUT2D eigenvalue weighted by Gasteiger charge is 2.16. The summed E-state index contributed by atoms with van der Waals surface area (Å²) in [6, 6.07) is 73.0. The molecule has 0 saturated carbocycles. The molecule has 7 aromatic carbocycles. The van der Waals surface area contributed by atoms with E-state index < -0.39 is 0 Å². The average Bonchev–Trinajstić information content (AvgIpc) is 3.90. The van der Waals surface area contributed by atoms with E-state index in [4.69, 9.17) is 15.0 Å². The first-order chi connectivity index (χ1) is 31.2. The van der Waals surface area contributed by atoms with Gasteiger partial charge in [0.1, 0.15) is 0 Å². The first-order valence-corrected chi connectivity index (χ1v) is 21.9. The average molecular weight is 824 g/mol. The molecule has 0 aliphatic heterocycles. The number of hydrogen-bond acceptors (Lipinski definition) is 5. The minimum atomic E-state index is 0.798. The number of thiophene rings is 1. The van der Waals surface area contributed by atoms with Crippen molar-refractivity contribution in [2.45, 2.75) is 0 Å². The van der Waals surface area contributed by atoms with Crippen molar-refractivity contribution < 1.29 is 0 Å². The van der Waals surface area contributed by atoms with E-state index in [0.29, 0.717) is 0 Å². The maximum absolute atomic E-state index is 5.12. The van der Waals surface area contributed by atoms with Crippen LogP contribution in [0.15, 0.2) is 219 Å². The smallest absolute Gasteiger partial charge is 0.0907 e. The number of nitrogens with one attached hydrogen (secondary N) is 1. The van der Waals surface area contributed by atoms with Crippen LogP contribution in [0.4, 0.5) is 11.4 Å². The van der Waals surface area contributed by atoms with Crippen molar-refractivity contribution in [2.24, 2.45) is 0 Å². The summed E-state index contributed by atoms with van der Waals surface area (Å²) in [5.74, 6) is 0. The van der Waals surface area contributed by atoms with E-state index >= 15 is 0 Å². The third-order valence-corrected chi connectivity index (χ3v) is 13.0. The fourth-order valence-corrected chi connectivity index (χ4v) is 9.91. The lowest BCUT2D eigenvalue weighted by Crippen LogP contribution is -1.96. The number of nitrogens with zero attached hydrogens (tertiary/aromatic N) is 4. The van der Waals surface area contributed by atoms with Gasteiger partial charge >= 0.3 is 0 Å². The van der Waals surface area contributed by atoms with Gasteiger partial charge in [0, 0.05) is 61.4 Å². The summed E-state index contributed by atoms with van der Waals surface area (Å²) in [7, 11) is 0. The second-order valence-corrected chi connectivity index (χ2v) is 16.8. The lowest BCUT2D eigenvalue weighted by Gasteiger charge is -2.14. The number of pyridine rings is 3. The molecule has 0 aliphatic carbocycles. The summed E-state index contributed by atoms with van der Waals surface area (Å²) in [6.07, 6.45) is 3.74. The number of hydrogen-bond donors (Lipinski definition) is 1. The summed E-state index contributed by atoms with van der Waals surface area (Å²) >= 11 is 1.79. The molecule has 6 heteroatoms. The van der Waals surface area contributed by atoms with Gasteiger partial charge in [-0.1, -0.05) is 127 Å². The van der Waals surface area contributed by atoms with Crippen molar-refractivity contribution >= 4 is 64.8 Å². The SMILES string of the molecule is c1ccc(-c2cc(-c3ccccc3)nc(-c3cc(Nc4ccccc4-c4ccc(-c5ccc6c(c5)c5ccccc5n6-c5ccc6sc7cccnc7c6c5)cc4)ccn3)c2)cc1. The van der Waals surface area contributed by atoms with Gasteiger partial charge in [-0.2, -0.15) is 0 Å². The van der Waals surface area contributed by atoms with Crippen LogP contribution in [0.3, 0.4) is 0 Å². The Labute approximate surface area is 368 Å². The molecule has 0 spiro atoms. The predicted molar refractivity (Wildman–Crippen MR) is 264 cm³/mol. The van der Waals surface area contributed by atoms with E-state index in [1.165, 1.54) is 47.7 Å². The fourth-order valence-electron chi connectivity index (χ4n) is 8.86. The number of benzene rings is 7. The highest BCUT2D eigenvalue weighted by Crippen LogP contribution is 2.39. The Morgan fingerprint density at radius 3 is 1.98 bits per heavy atom. The van der Waals surface area contributed by atoms with Crippen LogP contribution < -0.4 is 5.32 Å². The van der Waals surface area contributed by atoms with Gasteiger partial charge in [-0.25, -0.2) is 4.98 Å². The van der Waals surface area contributed by atoms with Gasteiger partial charge in [0.15, 0.2) is 0 Å². The Morgan fingerprint density at radius 2 is 1.11 bits per heavy atom. The number of fused-ring (bicyclic) bond motifs is 6. The molecule has 0 saturated heterocycles. The van der Waals surface area contributed by atoms with Crippen LogP contribution in [0, 0.1) is 0 Å². The Kier molecular flexibility index (Phi) is 8.94. The molecule has 12 aromatic rings. The van der Waals surface area contributed by atoms with E-state index in [2.05, 4.69) is 180 Å². The van der Waals surface area contributed by atoms with Crippen molar-refractivity contribution in [3.05, 3.63) is 219 Å². The molecule has 5 aromatic heterocycles. The third kappa shape index (κ3) is 6.70. The maximum atomic E-state index is 5.12. The largest absolute Gasteiger partial charge is 0.355 e. The van der Waals surface area contributed by atoms with E-state index in [9.17, 15) is 0 Å². The van der Waals surface area contributed by atoms with E-state index in [-0.39, 0.29) is 0 Å². The van der Waals surface area contributed by atoms with Crippen molar-refractivity contribution in [3.8, 4) is 61.7 Å². The topological polar surface area (TPSA) is 55.6 Å². The molecule has 0 bridgehead atoms. The summed E-state index contributed by atoms with van der Waals surface area (Å²) in [6.45, 7) is 0. The molecular formula is C57H37N5S. The van der Waals surface area contributed by atoms with Crippen LogP contribution in [-0.2, 0) is 0 Å². The molecule has 1 N–H and O–H groups in total. The lowest BCUT2D eigenvalue weighted by atomic mass is 9.98. The van der Waals surface area contributed by atoms with Crippen molar-refractivity contribution in [1.29, 1.82) is 0 Å². The molecule has 0 aliphatic rings. The number of aromatic nitrogens is 4. The van der Waals surface area contributed by atoms with Crippen LogP contribution >= 0.6 is 11.3 Å². The van der Waals surface area contributed by atoms with Crippen LogP contribution in [0.2, 0.25) is 0 Å². The van der Waals surface area contributed by atoms with Crippen LogP contribution in [0.1, 0.15) is 0 Å². The molecule has 63 heavy (non-hydrogen) atoms. The number of rotatable bonds is 8. The molecule has 0 radical (unpaired) electrons. The molecule has 296 valence electrons. The molecule has 5 heterocycles. The zero-order chi connectivity index (χ0) is 41.7. The van der Waals surface area contributed by atoms with E-state index in [0.717, 1.165) is 67.5 Å². The van der Waals surface area contributed by atoms with Crippen LogP contribution in [0.5, 0.6) is 0 Å². The number of anilines is 2. The fraction of sp³-hybridized carbons (Fsp3) is 0. The Morgan fingerprint density at radius 1 is 0.397 bits per heavy atom. The van der Waals surface area contributed by atoms with Gasteiger partial charge in [0.05, 0.1) is 38.3 Å². The second kappa shape index (κ2) is 15.4. The van der Waals surface area contributed by atoms with Gasteiger partial charge in [-0.15, -0.1) is 11.3 Å². The quantitative estimate of drug-likeness (QED) is 0.166. The summed E-state index contributed by atoms with van der Waals surface area (Å²) < 4.78 is 4.85. The van der Waals surface area contributed by atoms with E-state index in [1.807, 2.05) is 48.8 Å². The van der Waals surface area contributed by atoms with Gasteiger partial charge < -0.3 is 9.88 Å². The van der Waals surface area contributed by atoms with Gasteiger partial charge in [-0.05, 0) is 107 Å². The normalized spacial score (nSPS) is 11.5. The standard InChI is InChI=1S/C57H37N5S/c1-3-12-37(13-4-1)42-33-50(40-14-5-2-6-15-40)61-52(34-42)51-35-43(29-31-58-51)60-49-18-9-7-16-45(49)39-23-21-38(22-24-39)41-25-27-54-47(32-41)46-17-8-10-19-53(46)62(54)44-26-28-55-48(36-44)57-56(63-55)20-11-30-59-57/h1-36H,(H,58,60). The maximum Gasteiger partial charge on any atom is 0.0907 e. The Balaban J connectivity index is 0.857. The highest BCUT2D eigenvalue weighted by atomic mass is 32.1. The van der Waals surface area contributed by atoms with Gasteiger partial charge in [0.2, 0.25) is 0 Å². The zero-order valence-electron chi connectivity index (χ0n) is 34.0. The first-order valence-electron chi connectivity index (χ1n) is 21.1. The Bertz CT molecular complexity index is 3590. The number of para-hydroxylation sites is 2. The molecule has 0 unspecified atom stereocenters. The summed E-state index contributed by atoms with van der Waals surface area (Å²) in [4.78, 5) is 14.7. The second-order valence-electron chi connectivity index (χ2n) is 15.8. The molecule has 5 nitrogen and oxygen atoms in total. The van der Waals surface area contributed by atoms with Crippen molar-refractivity contribution in [3.63, 3.8) is 0 Å². The minimum Gasteiger partial charge on any atom is -0.355 e. The summed E-state index contributed by atoms with van der Waals surface area (Å²) in [5, 5.41) is 7.37. The molecule has 0 atom stereocenters. The monoisotopic (exact) mass is 823 g/mol. The zero-order valence-corrected chi connectivity index (χ0v) is 34.8. The molecular weight excluding hydrogens is 787 g/mol. The van der Waals surface area contributed by atoms with E-state index in [1.54, 1.807) is 11.3 Å². The van der Waals surface area contributed by atoms with Crippen LogP contribution in [0.25, 0.3) is 104 Å². The molecule has 0 amide bonds. The third-order valence-electron chi connectivity index (χ3n) is 11.9. The van der Waals surface area contributed by atoms with Gasteiger partial charge in [0.25, 0.3) is 0 Å². The van der Waals surface area contributed by atoms with Crippen LogP contribution in [-0.4, -0.2) is 19.5 Å². The lowest BCUT2D eigenvalue weighted by molar-refractivity contribution is 1.19. The van der Waals surface area contributed by atoms with Crippen molar-refractivity contribution in [1.82, 2.24) is 19.5 Å². The van der Waals surface area contributed by atoms with Crippen molar-refractivity contribution in [2.75, 3.05) is 5.32 Å². The summed E-state index contributed by atoms with van der Waals surface area (Å²) in [5.41, 5.74) is 16.9. The molecule has 12 rings (SSSR count). The minimum absolute atomic E-state index is 0.798. The highest BCUT2D eigenvalue weighted by molar-refractivity contribution is 7.25. The first kappa shape index (κ1) is 36.6. The van der Waals surface area contributed by atoms with Gasteiger partial charge in [-0.3, -0.25) is 9.97 Å². The predicted octanol–water partition coefficient (Wildman–Crippen LogP) is 15.4. The Hall–Kier alpha value is -8.19.